The maximum Gasteiger partial charge on any atom is 0.421 e. The average Bonchev–Trinajstić information content (AvgIpc) is 2.50. The van der Waals surface area contributed by atoms with Gasteiger partial charge in [0.1, 0.15) is 12.1 Å². The van der Waals surface area contributed by atoms with Crippen LogP contribution in [0.25, 0.3) is 0 Å². The van der Waals surface area contributed by atoms with E-state index >= 15 is 0 Å². The first-order valence-corrected chi connectivity index (χ1v) is 7.73. The normalized spacial score (nSPS) is 11.4. The lowest BCUT2D eigenvalue weighted by Gasteiger charge is -2.19. The summed E-state index contributed by atoms with van der Waals surface area (Å²) >= 11 is 3.37. The third-order valence-corrected chi connectivity index (χ3v) is 4.20. The van der Waals surface area contributed by atoms with Crippen LogP contribution in [0.4, 0.5) is 13.2 Å². The molecule has 1 heterocycles. The number of aromatic nitrogens is 1. The summed E-state index contributed by atoms with van der Waals surface area (Å²) in [5, 5.41) is 0. The molecule has 0 fully saturated rings. The molecule has 2 rings (SSSR count). The van der Waals surface area contributed by atoms with Crippen LogP contribution in [0.15, 0.2) is 51.9 Å². The molecule has 2 aromatic rings. The molecule has 1 aromatic carbocycles. The number of carbonyl (C=O) groups is 1. The third kappa shape index (κ3) is 4.25. The van der Waals surface area contributed by atoms with Gasteiger partial charge in [-0.3, -0.25) is 9.59 Å². The molecule has 0 radical (unpaired) electrons. The fraction of sp³-hybridized carbons (Fsp3) is 0.250. The van der Waals surface area contributed by atoms with Gasteiger partial charge < -0.3 is 9.47 Å². The molecular formula is C16H14BrF3N2O2. The van der Waals surface area contributed by atoms with Crippen LogP contribution >= 0.6 is 15.9 Å². The Hall–Kier alpha value is -2.09. The zero-order valence-corrected chi connectivity index (χ0v) is 14.3. The minimum Gasteiger partial charge on any atom is -0.340 e. The number of carbonyl (C=O) groups excluding carboxylic acids is 1. The molecule has 24 heavy (non-hydrogen) atoms. The lowest BCUT2D eigenvalue weighted by atomic mass is 10.2. The second kappa shape index (κ2) is 7.21. The zero-order chi connectivity index (χ0) is 17.9. The topological polar surface area (TPSA) is 42.3 Å². The van der Waals surface area contributed by atoms with Crippen molar-refractivity contribution in [2.45, 2.75) is 19.3 Å². The van der Waals surface area contributed by atoms with Crippen molar-refractivity contribution in [1.82, 2.24) is 9.47 Å². The Bertz CT molecular complexity index is 802. The van der Waals surface area contributed by atoms with Crippen molar-refractivity contribution in [2.75, 3.05) is 7.05 Å². The molecule has 0 saturated carbocycles. The lowest BCUT2D eigenvalue weighted by Crippen LogP contribution is -2.35. The van der Waals surface area contributed by atoms with Crippen molar-refractivity contribution >= 4 is 21.8 Å². The molecule has 0 aliphatic heterocycles. The minimum atomic E-state index is -4.75. The van der Waals surface area contributed by atoms with E-state index in [1.807, 2.05) is 24.3 Å². The Balaban J connectivity index is 2.15. The number of benzene rings is 1. The highest BCUT2D eigenvalue weighted by atomic mass is 79.9. The number of pyridine rings is 1. The summed E-state index contributed by atoms with van der Waals surface area (Å²) in [6.45, 7) is -0.183. The van der Waals surface area contributed by atoms with Gasteiger partial charge in [-0.2, -0.15) is 13.2 Å². The second-order valence-corrected chi connectivity index (χ2v) is 6.05. The number of amides is 1. The van der Waals surface area contributed by atoms with Crippen LogP contribution in [0.2, 0.25) is 0 Å². The lowest BCUT2D eigenvalue weighted by molar-refractivity contribution is -0.139. The summed E-state index contributed by atoms with van der Waals surface area (Å²) in [7, 11) is 1.53. The second-order valence-electron chi connectivity index (χ2n) is 5.19. The van der Waals surface area contributed by atoms with Crippen LogP contribution in [-0.4, -0.2) is 22.4 Å². The Morgan fingerprint density at radius 2 is 1.88 bits per heavy atom. The van der Waals surface area contributed by atoms with Gasteiger partial charge in [0.2, 0.25) is 5.91 Å². The van der Waals surface area contributed by atoms with Crippen LogP contribution in [0.1, 0.15) is 11.1 Å². The van der Waals surface area contributed by atoms with Crippen LogP contribution in [0.3, 0.4) is 0 Å². The number of likely N-dealkylation sites (N-methyl/N-ethyl adjacent to an activating group) is 1. The van der Waals surface area contributed by atoms with Crippen molar-refractivity contribution < 1.29 is 18.0 Å². The Morgan fingerprint density at radius 3 is 2.50 bits per heavy atom. The smallest absolute Gasteiger partial charge is 0.340 e. The first kappa shape index (κ1) is 18.3. The van der Waals surface area contributed by atoms with Crippen molar-refractivity contribution in [2.24, 2.45) is 0 Å². The summed E-state index contributed by atoms with van der Waals surface area (Å²) in [5.41, 5.74) is -1.66. The monoisotopic (exact) mass is 402 g/mol. The van der Waals surface area contributed by atoms with E-state index in [0.717, 1.165) is 20.7 Å². The Labute approximate surface area is 144 Å². The van der Waals surface area contributed by atoms with E-state index in [1.165, 1.54) is 18.1 Å². The number of halogens is 4. The molecule has 0 bridgehead atoms. The zero-order valence-electron chi connectivity index (χ0n) is 12.7. The van der Waals surface area contributed by atoms with Crippen molar-refractivity contribution in [1.29, 1.82) is 0 Å². The van der Waals surface area contributed by atoms with E-state index in [4.69, 9.17) is 0 Å². The van der Waals surface area contributed by atoms with Gasteiger partial charge in [0, 0.05) is 24.3 Å². The highest BCUT2D eigenvalue weighted by molar-refractivity contribution is 9.10. The Kier molecular flexibility index (Phi) is 5.48. The van der Waals surface area contributed by atoms with Gasteiger partial charge in [-0.15, -0.1) is 0 Å². The van der Waals surface area contributed by atoms with E-state index in [-0.39, 0.29) is 6.54 Å². The number of hydrogen-bond acceptors (Lipinski definition) is 2. The van der Waals surface area contributed by atoms with Crippen LogP contribution < -0.4 is 5.56 Å². The van der Waals surface area contributed by atoms with Crippen LogP contribution in [0.5, 0.6) is 0 Å². The van der Waals surface area contributed by atoms with Gasteiger partial charge >= 0.3 is 6.18 Å². The van der Waals surface area contributed by atoms with Crippen molar-refractivity contribution in [3.8, 4) is 0 Å². The number of hydrogen-bond donors (Lipinski definition) is 0. The number of nitrogens with zero attached hydrogens (tertiary/aromatic N) is 2. The van der Waals surface area contributed by atoms with Gasteiger partial charge in [-0.25, -0.2) is 0 Å². The molecule has 8 heteroatoms. The van der Waals surface area contributed by atoms with Gasteiger partial charge in [0.15, 0.2) is 0 Å². The number of alkyl halides is 3. The first-order valence-electron chi connectivity index (χ1n) is 6.94. The molecule has 0 atom stereocenters. The highest BCUT2D eigenvalue weighted by Gasteiger charge is 2.34. The van der Waals surface area contributed by atoms with Crippen LogP contribution in [0, 0.1) is 0 Å². The van der Waals surface area contributed by atoms with E-state index < -0.39 is 29.8 Å². The van der Waals surface area contributed by atoms with Gasteiger partial charge in [-0.05, 0) is 23.8 Å². The molecule has 0 unspecified atom stereocenters. The minimum absolute atomic E-state index is 0.272. The molecule has 0 N–H and O–H groups in total. The average molecular weight is 403 g/mol. The summed E-state index contributed by atoms with van der Waals surface area (Å²) in [5.74, 6) is -0.466. The molecule has 1 aromatic heterocycles. The van der Waals surface area contributed by atoms with E-state index in [2.05, 4.69) is 15.9 Å². The summed E-state index contributed by atoms with van der Waals surface area (Å²) in [6, 6.07) is 9.10. The molecular weight excluding hydrogens is 389 g/mol. The summed E-state index contributed by atoms with van der Waals surface area (Å²) in [4.78, 5) is 25.4. The van der Waals surface area contributed by atoms with E-state index in [1.54, 1.807) is 0 Å². The quantitative estimate of drug-likeness (QED) is 0.787. The maximum atomic E-state index is 12.7. The van der Waals surface area contributed by atoms with E-state index in [0.29, 0.717) is 6.07 Å². The molecule has 128 valence electrons. The molecule has 0 spiro atoms. The maximum absolute atomic E-state index is 12.7. The van der Waals surface area contributed by atoms with Crippen molar-refractivity contribution in [3.05, 3.63) is 68.5 Å². The van der Waals surface area contributed by atoms with Gasteiger partial charge in [-0.1, -0.05) is 34.1 Å². The molecule has 4 nitrogen and oxygen atoms in total. The standard InChI is InChI=1S/C16H14BrF3N2O2/c1-21(9-11-5-2-3-7-13(11)17)14(23)10-22-8-4-6-12(15(22)24)16(18,19)20/h2-8H,9-10H2,1H3. The van der Waals surface area contributed by atoms with Crippen LogP contribution in [-0.2, 0) is 24.1 Å². The Morgan fingerprint density at radius 1 is 1.21 bits per heavy atom. The van der Waals surface area contributed by atoms with E-state index in [9.17, 15) is 22.8 Å². The van der Waals surface area contributed by atoms with Gasteiger partial charge in [0.05, 0.1) is 0 Å². The summed E-state index contributed by atoms with van der Waals surface area (Å²) in [6.07, 6.45) is -3.58. The highest BCUT2D eigenvalue weighted by Crippen LogP contribution is 2.26. The molecule has 0 aliphatic rings. The van der Waals surface area contributed by atoms with Gasteiger partial charge in [0.25, 0.3) is 5.56 Å². The largest absolute Gasteiger partial charge is 0.421 e. The molecule has 0 aliphatic carbocycles. The molecule has 1 amide bonds. The first-order chi connectivity index (χ1) is 11.2. The predicted molar refractivity (Wildman–Crippen MR) is 86.3 cm³/mol. The fourth-order valence-electron chi connectivity index (χ4n) is 2.11. The third-order valence-electron chi connectivity index (χ3n) is 3.42. The fourth-order valence-corrected chi connectivity index (χ4v) is 2.52. The summed E-state index contributed by atoms with van der Waals surface area (Å²) < 4.78 is 39.8. The number of rotatable bonds is 4. The predicted octanol–water partition coefficient (Wildman–Crippen LogP) is 3.29. The van der Waals surface area contributed by atoms with Crippen molar-refractivity contribution in [3.63, 3.8) is 0 Å². The molecule has 0 saturated heterocycles. The SMILES string of the molecule is CN(Cc1ccccc1Br)C(=O)Cn1cccc(C(F)(F)F)c1=O.